The number of ether oxygens (including phenoxy) is 1. The fourth-order valence-electron chi connectivity index (χ4n) is 3.10. The predicted octanol–water partition coefficient (Wildman–Crippen LogP) is 3.16. The average molecular weight is 282 g/mol. The fraction of sp³-hybridized carbons (Fsp3) is 0.938. The van der Waals surface area contributed by atoms with Crippen molar-refractivity contribution in [3.8, 4) is 0 Å². The molecule has 0 spiro atoms. The van der Waals surface area contributed by atoms with Crippen LogP contribution in [0.1, 0.15) is 59.8 Å². The van der Waals surface area contributed by atoms with Crippen molar-refractivity contribution in [2.45, 2.75) is 77.5 Å². The second-order valence-corrected chi connectivity index (χ2v) is 7.47. The zero-order valence-corrected chi connectivity index (χ0v) is 13.4. The van der Waals surface area contributed by atoms with Crippen molar-refractivity contribution in [3.63, 3.8) is 0 Å². The van der Waals surface area contributed by atoms with Gasteiger partial charge in [-0.25, -0.2) is 4.79 Å². The maximum absolute atomic E-state index is 11.9. The number of amides is 1. The Hall–Kier alpha value is -0.770. The highest BCUT2D eigenvalue weighted by atomic mass is 16.6. The van der Waals surface area contributed by atoms with Gasteiger partial charge in [0, 0.05) is 25.2 Å². The minimum atomic E-state index is -0.397. The van der Waals surface area contributed by atoms with E-state index in [4.69, 9.17) is 4.74 Å². The zero-order chi connectivity index (χ0) is 14.8. The molecule has 4 nitrogen and oxygen atoms in total. The molecule has 1 heterocycles. The highest BCUT2D eigenvalue weighted by molar-refractivity contribution is 5.69. The van der Waals surface area contributed by atoms with E-state index in [1.807, 2.05) is 20.8 Å². The van der Waals surface area contributed by atoms with Gasteiger partial charge in [0.1, 0.15) is 5.60 Å². The maximum atomic E-state index is 11.9. The molecule has 1 saturated heterocycles. The number of carbonyl (C=O) groups excluding carboxylic acids is 1. The summed E-state index contributed by atoms with van der Waals surface area (Å²) in [5.74, 6) is 0.757. The molecule has 116 valence electrons. The Morgan fingerprint density at radius 3 is 2.45 bits per heavy atom. The van der Waals surface area contributed by atoms with Crippen molar-refractivity contribution in [3.05, 3.63) is 0 Å². The van der Waals surface area contributed by atoms with Gasteiger partial charge in [-0.15, -0.1) is 0 Å². The minimum Gasteiger partial charge on any atom is -0.444 e. The van der Waals surface area contributed by atoms with Gasteiger partial charge < -0.3 is 15.0 Å². The quantitative estimate of drug-likeness (QED) is 0.791. The van der Waals surface area contributed by atoms with Crippen LogP contribution in [0.15, 0.2) is 0 Å². The van der Waals surface area contributed by atoms with Gasteiger partial charge in [-0.05, 0) is 39.5 Å². The van der Waals surface area contributed by atoms with Crippen LogP contribution < -0.4 is 5.32 Å². The Kier molecular flexibility index (Phi) is 4.95. The van der Waals surface area contributed by atoms with Crippen LogP contribution >= 0.6 is 0 Å². The zero-order valence-electron chi connectivity index (χ0n) is 13.4. The Morgan fingerprint density at radius 2 is 1.80 bits per heavy atom. The maximum Gasteiger partial charge on any atom is 0.410 e. The molecule has 4 heteroatoms. The van der Waals surface area contributed by atoms with Crippen LogP contribution in [0.25, 0.3) is 0 Å². The number of hydrogen-bond acceptors (Lipinski definition) is 3. The second-order valence-electron chi connectivity index (χ2n) is 7.47. The Morgan fingerprint density at radius 1 is 1.15 bits per heavy atom. The van der Waals surface area contributed by atoms with Gasteiger partial charge in [-0.3, -0.25) is 0 Å². The standard InChI is InChI=1S/C16H30N2O2/c1-12-8-6-5-7-9-14(12)17-13-10-18(11-13)15(19)20-16(2,3)4/h12-14,17H,5-11H2,1-4H3. The molecule has 2 unspecified atom stereocenters. The Bertz CT molecular complexity index is 332. The third kappa shape index (κ3) is 4.37. The first kappa shape index (κ1) is 15.6. The fourth-order valence-corrected chi connectivity index (χ4v) is 3.10. The minimum absolute atomic E-state index is 0.176. The SMILES string of the molecule is CC1CCCCCC1NC1CN(C(=O)OC(C)(C)C)C1. The summed E-state index contributed by atoms with van der Waals surface area (Å²) in [4.78, 5) is 13.7. The van der Waals surface area contributed by atoms with E-state index < -0.39 is 5.60 Å². The summed E-state index contributed by atoms with van der Waals surface area (Å²) in [5.41, 5.74) is -0.397. The molecule has 1 saturated carbocycles. The molecule has 2 aliphatic rings. The molecule has 0 aromatic rings. The van der Waals surface area contributed by atoms with Crippen LogP contribution in [0.5, 0.6) is 0 Å². The van der Waals surface area contributed by atoms with Crippen LogP contribution in [0.4, 0.5) is 4.79 Å². The van der Waals surface area contributed by atoms with Gasteiger partial charge in [-0.1, -0.05) is 26.2 Å². The first-order valence-corrected chi connectivity index (χ1v) is 8.09. The Labute approximate surface area is 123 Å². The lowest BCUT2D eigenvalue weighted by Crippen LogP contribution is -2.62. The summed E-state index contributed by atoms with van der Waals surface area (Å²) in [6.45, 7) is 9.67. The smallest absolute Gasteiger partial charge is 0.410 e. The van der Waals surface area contributed by atoms with Gasteiger partial charge in [-0.2, -0.15) is 0 Å². The van der Waals surface area contributed by atoms with Crippen LogP contribution in [0, 0.1) is 5.92 Å². The molecule has 1 aliphatic carbocycles. The van der Waals surface area contributed by atoms with E-state index >= 15 is 0 Å². The molecule has 0 aromatic carbocycles. The number of likely N-dealkylation sites (tertiary alicyclic amines) is 1. The van der Waals surface area contributed by atoms with Crippen LogP contribution in [0.2, 0.25) is 0 Å². The van der Waals surface area contributed by atoms with Crippen LogP contribution in [-0.2, 0) is 4.74 Å². The monoisotopic (exact) mass is 282 g/mol. The lowest BCUT2D eigenvalue weighted by atomic mass is 9.95. The third-order valence-corrected chi connectivity index (χ3v) is 4.34. The molecule has 2 rings (SSSR count). The molecular formula is C16H30N2O2. The molecule has 1 aliphatic heterocycles. The van der Waals surface area contributed by atoms with Crippen LogP contribution in [-0.4, -0.2) is 41.8 Å². The first-order valence-electron chi connectivity index (χ1n) is 8.09. The first-order chi connectivity index (χ1) is 9.35. The summed E-state index contributed by atoms with van der Waals surface area (Å²) in [6.07, 6.45) is 6.52. The predicted molar refractivity (Wildman–Crippen MR) is 80.8 cm³/mol. The van der Waals surface area contributed by atoms with Gasteiger partial charge in [0.15, 0.2) is 0 Å². The van der Waals surface area contributed by atoms with Crippen molar-refractivity contribution in [1.29, 1.82) is 0 Å². The summed E-state index contributed by atoms with van der Waals surface area (Å²) in [6, 6.07) is 1.08. The molecular weight excluding hydrogens is 252 g/mol. The van der Waals surface area contributed by atoms with Gasteiger partial charge >= 0.3 is 6.09 Å². The number of nitrogens with zero attached hydrogens (tertiary/aromatic N) is 1. The van der Waals surface area contributed by atoms with Crippen molar-refractivity contribution in [1.82, 2.24) is 10.2 Å². The van der Waals surface area contributed by atoms with Crippen molar-refractivity contribution >= 4 is 6.09 Å². The topological polar surface area (TPSA) is 41.6 Å². The summed E-state index contributed by atoms with van der Waals surface area (Å²) >= 11 is 0. The molecule has 2 atom stereocenters. The normalized spacial score (nSPS) is 28.7. The highest BCUT2D eigenvalue weighted by Crippen LogP contribution is 2.24. The van der Waals surface area contributed by atoms with Crippen molar-refractivity contribution in [2.24, 2.45) is 5.92 Å². The van der Waals surface area contributed by atoms with E-state index in [0.717, 1.165) is 19.0 Å². The van der Waals surface area contributed by atoms with E-state index in [1.165, 1.54) is 32.1 Å². The second kappa shape index (κ2) is 6.33. The van der Waals surface area contributed by atoms with E-state index in [-0.39, 0.29) is 6.09 Å². The lowest BCUT2D eigenvalue weighted by Gasteiger charge is -2.42. The van der Waals surface area contributed by atoms with E-state index in [2.05, 4.69) is 12.2 Å². The van der Waals surface area contributed by atoms with E-state index in [1.54, 1.807) is 4.90 Å². The van der Waals surface area contributed by atoms with Crippen molar-refractivity contribution in [2.75, 3.05) is 13.1 Å². The van der Waals surface area contributed by atoms with Crippen molar-refractivity contribution < 1.29 is 9.53 Å². The molecule has 1 amide bonds. The largest absolute Gasteiger partial charge is 0.444 e. The molecule has 2 fully saturated rings. The Balaban J connectivity index is 1.72. The van der Waals surface area contributed by atoms with E-state index in [0.29, 0.717) is 12.1 Å². The molecule has 0 radical (unpaired) electrons. The number of rotatable bonds is 2. The third-order valence-electron chi connectivity index (χ3n) is 4.34. The van der Waals surface area contributed by atoms with E-state index in [9.17, 15) is 4.79 Å². The summed E-state index contributed by atoms with van der Waals surface area (Å²) in [5, 5.41) is 3.74. The van der Waals surface area contributed by atoms with Gasteiger partial charge in [0.25, 0.3) is 0 Å². The number of hydrogen-bond donors (Lipinski definition) is 1. The highest BCUT2D eigenvalue weighted by Gasteiger charge is 2.35. The van der Waals surface area contributed by atoms with Gasteiger partial charge in [0.05, 0.1) is 0 Å². The molecule has 1 N–H and O–H groups in total. The summed E-state index contributed by atoms with van der Waals surface area (Å²) in [7, 11) is 0. The average Bonchev–Trinajstić information content (AvgIpc) is 2.45. The van der Waals surface area contributed by atoms with Crippen LogP contribution in [0.3, 0.4) is 0 Å². The molecule has 0 bridgehead atoms. The molecule has 20 heavy (non-hydrogen) atoms. The number of carbonyl (C=O) groups is 1. The van der Waals surface area contributed by atoms with Gasteiger partial charge in [0.2, 0.25) is 0 Å². The molecule has 0 aromatic heterocycles. The number of nitrogens with one attached hydrogen (secondary N) is 1. The lowest BCUT2D eigenvalue weighted by molar-refractivity contribution is 0.00332. The summed E-state index contributed by atoms with van der Waals surface area (Å²) < 4.78 is 5.38.